The maximum Gasteiger partial charge on any atom is 0.246 e. The van der Waals surface area contributed by atoms with E-state index in [9.17, 15) is 4.79 Å². The Balaban J connectivity index is 1.27. The lowest BCUT2D eigenvalue weighted by Crippen LogP contribution is -2.48. The molecule has 1 amide bonds. The van der Waals surface area contributed by atoms with E-state index in [-0.39, 0.29) is 5.91 Å². The molecule has 40 heavy (non-hydrogen) atoms. The van der Waals surface area contributed by atoms with Crippen molar-refractivity contribution >= 4 is 40.4 Å². The van der Waals surface area contributed by atoms with Crippen molar-refractivity contribution in [1.29, 1.82) is 0 Å². The number of benzene rings is 3. The van der Waals surface area contributed by atoms with Crippen molar-refractivity contribution in [3.63, 3.8) is 0 Å². The third-order valence-electron chi connectivity index (χ3n) is 7.18. The molecule has 5 aromatic rings. The maximum absolute atomic E-state index is 12.9. The lowest BCUT2D eigenvalue weighted by molar-refractivity contribution is -0.126. The summed E-state index contributed by atoms with van der Waals surface area (Å²) >= 11 is 6.16. The molecule has 1 aliphatic rings. The number of amides is 1. The number of hydrogen-bond acceptors (Lipinski definition) is 5. The molecule has 1 saturated heterocycles. The first-order valence-corrected chi connectivity index (χ1v) is 13.5. The van der Waals surface area contributed by atoms with Gasteiger partial charge in [-0.2, -0.15) is 0 Å². The molecule has 8 heteroatoms. The molecule has 1 aliphatic heterocycles. The summed E-state index contributed by atoms with van der Waals surface area (Å²) in [7, 11) is 1.64. The highest BCUT2D eigenvalue weighted by Crippen LogP contribution is 2.37. The summed E-state index contributed by atoms with van der Waals surface area (Å²) in [5.74, 6) is 1.66. The molecular weight excluding hydrogens is 522 g/mol. The smallest absolute Gasteiger partial charge is 0.246 e. The Labute approximate surface area is 237 Å². The van der Waals surface area contributed by atoms with Crippen LogP contribution in [0.1, 0.15) is 5.56 Å². The fourth-order valence-corrected chi connectivity index (χ4v) is 5.17. The first-order chi connectivity index (χ1) is 19.6. The Kier molecular flexibility index (Phi) is 7.21. The second-order valence-electron chi connectivity index (χ2n) is 9.57. The van der Waals surface area contributed by atoms with Crippen LogP contribution in [0.25, 0.3) is 33.9 Å². The predicted octanol–water partition coefficient (Wildman–Crippen LogP) is 6.11. The Bertz CT molecular complexity index is 1660. The van der Waals surface area contributed by atoms with Crippen LogP contribution in [0.2, 0.25) is 5.02 Å². The number of nitrogens with zero attached hydrogens (tertiary/aromatic N) is 5. The van der Waals surface area contributed by atoms with Gasteiger partial charge in [0, 0.05) is 54.7 Å². The normalized spacial score (nSPS) is 13.8. The molecule has 0 unspecified atom stereocenters. The zero-order valence-electron chi connectivity index (χ0n) is 22.1. The Hall–Kier alpha value is -4.62. The number of ether oxygens (including phenoxy) is 1. The van der Waals surface area contributed by atoms with Gasteiger partial charge in [0.2, 0.25) is 5.91 Å². The maximum atomic E-state index is 12.9. The molecule has 6 rings (SSSR count). The van der Waals surface area contributed by atoms with E-state index in [0.29, 0.717) is 31.2 Å². The summed E-state index contributed by atoms with van der Waals surface area (Å²) < 4.78 is 7.29. The van der Waals surface area contributed by atoms with Crippen LogP contribution in [0.15, 0.2) is 97.5 Å². The summed E-state index contributed by atoms with van der Waals surface area (Å²) in [4.78, 5) is 26.5. The third kappa shape index (κ3) is 5.16. The third-order valence-corrected chi connectivity index (χ3v) is 7.43. The van der Waals surface area contributed by atoms with Gasteiger partial charge in [0.25, 0.3) is 0 Å². The van der Waals surface area contributed by atoms with E-state index < -0.39 is 0 Å². The van der Waals surface area contributed by atoms with E-state index >= 15 is 0 Å². The van der Waals surface area contributed by atoms with Crippen molar-refractivity contribution < 1.29 is 9.53 Å². The van der Waals surface area contributed by atoms with Gasteiger partial charge in [0.15, 0.2) is 5.65 Å². The summed E-state index contributed by atoms with van der Waals surface area (Å²) in [6, 6.07) is 25.7. The van der Waals surface area contributed by atoms with E-state index in [4.69, 9.17) is 26.3 Å². The van der Waals surface area contributed by atoms with Gasteiger partial charge in [0.1, 0.15) is 17.9 Å². The topological polar surface area (TPSA) is 63.5 Å². The van der Waals surface area contributed by atoms with E-state index in [1.807, 2.05) is 77.7 Å². The largest absolute Gasteiger partial charge is 0.497 e. The molecular formula is C32H28ClN5O2. The standard InChI is InChI=1S/C32H28ClN5O2/c1-40-27-14-7-23(8-15-27)9-16-29(39)36-17-19-37(20-18-36)31-30-28(24-5-3-2-4-6-24)21-38(32(30)35-22-34-31)26-12-10-25(33)11-13-26/h2-16,21-22H,17-20H2,1H3/b16-9+. The van der Waals surface area contributed by atoms with Gasteiger partial charge in [-0.15, -0.1) is 0 Å². The number of aromatic nitrogens is 3. The second-order valence-corrected chi connectivity index (χ2v) is 10.0. The molecule has 0 atom stereocenters. The molecule has 0 spiro atoms. The fourth-order valence-electron chi connectivity index (χ4n) is 5.05. The molecule has 0 radical (unpaired) electrons. The SMILES string of the molecule is COc1ccc(/C=C/C(=O)N2CCN(c3ncnc4c3c(-c3ccccc3)cn4-c3ccc(Cl)cc3)CC2)cc1. The van der Waals surface area contributed by atoms with Gasteiger partial charge < -0.3 is 19.1 Å². The minimum absolute atomic E-state index is 0.00201. The zero-order valence-corrected chi connectivity index (χ0v) is 22.8. The highest BCUT2D eigenvalue weighted by molar-refractivity contribution is 6.30. The zero-order chi connectivity index (χ0) is 27.5. The first kappa shape index (κ1) is 25.6. The van der Waals surface area contributed by atoms with Crippen molar-refractivity contribution in [2.24, 2.45) is 0 Å². The van der Waals surface area contributed by atoms with Gasteiger partial charge >= 0.3 is 0 Å². The number of carbonyl (C=O) groups is 1. The number of carbonyl (C=O) groups excluding carboxylic acids is 1. The monoisotopic (exact) mass is 549 g/mol. The van der Waals surface area contributed by atoms with Crippen molar-refractivity contribution in [1.82, 2.24) is 19.4 Å². The van der Waals surface area contributed by atoms with E-state index in [1.165, 1.54) is 0 Å². The number of halogens is 1. The quantitative estimate of drug-likeness (QED) is 0.239. The molecule has 7 nitrogen and oxygen atoms in total. The number of piperazine rings is 1. The van der Waals surface area contributed by atoms with Gasteiger partial charge in [-0.3, -0.25) is 4.79 Å². The highest BCUT2D eigenvalue weighted by Gasteiger charge is 2.25. The van der Waals surface area contributed by atoms with E-state index in [0.717, 1.165) is 45.0 Å². The Morgan fingerprint density at radius 2 is 1.62 bits per heavy atom. The number of methoxy groups -OCH3 is 1. The van der Waals surface area contributed by atoms with Crippen molar-refractivity contribution in [2.45, 2.75) is 0 Å². The minimum Gasteiger partial charge on any atom is -0.497 e. The number of fused-ring (bicyclic) bond motifs is 1. The van der Waals surface area contributed by atoms with Crippen molar-refractivity contribution in [3.8, 4) is 22.6 Å². The van der Waals surface area contributed by atoms with E-state index in [1.54, 1.807) is 19.5 Å². The Morgan fingerprint density at radius 3 is 2.33 bits per heavy atom. The van der Waals surface area contributed by atoms with Gasteiger partial charge in [0.05, 0.1) is 12.5 Å². The summed E-state index contributed by atoms with van der Waals surface area (Å²) in [6.07, 6.45) is 7.22. The number of anilines is 1. The van der Waals surface area contributed by atoms with Crippen LogP contribution in [0, 0.1) is 0 Å². The highest BCUT2D eigenvalue weighted by atomic mass is 35.5. The van der Waals surface area contributed by atoms with Crippen LogP contribution < -0.4 is 9.64 Å². The molecule has 2 aromatic heterocycles. The second kappa shape index (κ2) is 11.2. The van der Waals surface area contributed by atoms with Crippen LogP contribution in [-0.2, 0) is 4.79 Å². The van der Waals surface area contributed by atoms with Crippen LogP contribution in [0.4, 0.5) is 5.82 Å². The number of rotatable bonds is 6. The van der Waals surface area contributed by atoms with Crippen LogP contribution >= 0.6 is 11.6 Å². The summed E-state index contributed by atoms with van der Waals surface area (Å²) in [5.41, 5.74) is 4.90. The van der Waals surface area contributed by atoms with Crippen LogP contribution in [0.5, 0.6) is 5.75 Å². The van der Waals surface area contributed by atoms with E-state index in [2.05, 4.69) is 27.8 Å². The van der Waals surface area contributed by atoms with Gasteiger partial charge in [-0.05, 0) is 53.6 Å². The molecule has 0 N–H and O–H groups in total. The van der Waals surface area contributed by atoms with Crippen molar-refractivity contribution in [3.05, 3.63) is 108 Å². The molecule has 1 fully saturated rings. The molecule has 3 heterocycles. The van der Waals surface area contributed by atoms with Gasteiger partial charge in [-0.1, -0.05) is 54.1 Å². The number of hydrogen-bond donors (Lipinski definition) is 0. The molecule has 0 bridgehead atoms. The van der Waals surface area contributed by atoms with Crippen LogP contribution in [-0.4, -0.2) is 58.6 Å². The predicted molar refractivity (Wildman–Crippen MR) is 160 cm³/mol. The molecule has 3 aromatic carbocycles. The summed E-state index contributed by atoms with van der Waals surface area (Å²) in [6.45, 7) is 2.56. The fraction of sp³-hybridized carbons (Fsp3) is 0.156. The lowest BCUT2D eigenvalue weighted by atomic mass is 10.1. The van der Waals surface area contributed by atoms with Crippen LogP contribution in [0.3, 0.4) is 0 Å². The lowest BCUT2D eigenvalue weighted by Gasteiger charge is -2.35. The first-order valence-electron chi connectivity index (χ1n) is 13.1. The summed E-state index contributed by atoms with van der Waals surface area (Å²) in [5, 5.41) is 1.67. The Morgan fingerprint density at radius 1 is 0.900 bits per heavy atom. The average Bonchev–Trinajstić information content (AvgIpc) is 3.41. The molecule has 0 saturated carbocycles. The van der Waals surface area contributed by atoms with Crippen molar-refractivity contribution in [2.75, 3.05) is 38.2 Å². The molecule has 200 valence electrons. The minimum atomic E-state index is 0.00201. The van der Waals surface area contributed by atoms with Gasteiger partial charge in [-0.25, -0.2) is 9.97 Å². The molecule has 0 aliphatic carbocycles. The average molecular weight is 550 g/mol.